The second-order valence-corrected chi connectivity index (χ2v) is 8.64. The van der Waals surface area contributed by atoms with Gasteiger partial charge in [0.15, 0.2) is 0 Å². The summed E-state index contributed by atoms with van der Waals surface area (Å²) in [5.74, 6) is 0.401. The molecule has 0 bridgehead atoms. The topological polar surface area (TPSA) is 93.0 Å². The molecule has 142 valence electrons. The molecule has 0 spiro atoms. The highest BCUT2D eigenvalue weighted by Gasteiger charge is 2.21. The maximum absolute atomic E-state index is 12.3. The van der Waals surface area contributed by atoms with E-state index in [9.17, 15) is 8.42 Å². The molecule has 2 heterocycles. The van der Waals surface area contributed by atoms with Crippen LogP contribution in [0.3, 0.4) is 0 Å². The second-order valence-electron chi connectivity index (χ2n) is 6.83. The number of rotatable bonds is 9. The van der Waals surface area contributed by atoms with Crippen LogP contribution in [0.5, 0.6) is 0 Å². The van der Waals surface area contributed by atoms with Gasteiger partial charge in [-0.05, 0) is 54.3 Å². The Morgan fingerprint density at radius 1 is 1.19 bits per heavy atom. The second kappa shape index (κ2) is 9.20. The third kappa shape index (κ3) is 6.15. The number of benzene rings is 1. The van der Waals surface area contributed by atoms with Crippen molar-refractivity contribution < 1.29 is 8.42 Å². The maximum Gasteiger partial charge on any atom is 0.215 e. The molecular weight excluding hydrogens is 352 g/mol. The molecule has 8 nitrogen and oxygen atoms in total. The summed E-state index contributed by atoms with van der Waals surface area (Å²) < 4.78 is 29.1. The van der Waals surface area contributed by atoms with E-state index in [0.29, 0.717) is 12.5 Å². The lowest BCUT2D eigenvalue weighted by molar-refractivity contribution is 0.171. The van der Waals surface area contributed by atoms with Gasteiger partial charge in [-0.15, -0.1) is 5.10 Å². The molecule has 1 atom stereocenters. The first kappa shape index (κ1) is 18.9. The normalized spacial score (nSPS) is 18.8. The van der Waals surface area contributed by atoms with Gasteiger partial charge >= 0.3 is 0 Å². The van der Waals surface area contributed by atoms with Crippen molar-refractivity contribution in [3.05, 3.63) is 42.2 Å². The lowest BCUT2D eigenvalue weighted by Crippen LogP contribution is -2.41. The van der Waals surface area contributed by atoms with Gasteiger partial charge in [0.2, 0.25) is 10.0 Å². The summed E-state index contributed by atoms with van der Waals surface area (Å²) in [6.45, 7) is 4.30. The van der Waals surface area contributed by atoms with Gasteiger partial charge < -0.3 is 4.90 Å². The highest BCUT2D eigenvalue weighted by atomic mass is 32.2. The molecule has 2 aromatic rings. The fraction of sp³-hybridized carbons (Fsp3) is 0.588. The summed E-state index contributed by atoms with van der Waals surface area (Å²) in [7, 11) is -3.29. The quantitative estimate of drug-likeness (QED) is 0.697. The van der Waals surface area contributed by atoms with Gasteiger partial charge in [-0.3, -0.25) is 0 Å². The largest absolute Gasteiger partial charge is 0.303 e. The fourth-order valence-corrected chi connectivity index (χ4v) is 4.57. The van der Waals surface area contributed by atoms with Crippen molar-refractivity contribution in [1.82, 2.24) is 29.8 Å². The van der Waals surface area contributed by atoms with E-state index >= 15 is 0 Å². The van der Waals surface area contributed by atoms with Crippen LogP contribution in [0.2, 0.25) is 0 Å². The number of piperidine rings is 1. The first-order valence-corrected chi connectivity index (χ1v) is 10.7. The Morgan fingerprint density at radius 3 is 2.81 bits per heavy atom. The zero-order valence-corrected chi connectivity index (χ0v) is 15.7. The summed E-state index contributed by atoms with van der Waals surface area (Å²) in [5, 5.41) is 11.1. The third-order valence-electron chi connectivity index (χ3n) is 4.65. The monoisotopic (exact) mass is 378 g/mol. The minimum absolute atomic E-state index is 0.0379. The van der Waals surface area contributed by atoms with E-state index in [2.05, 4.69) is 25.1 Å². The van der Waals surface area contributed by atoms with E-state index in [4.69, 9.17) is 0 Å². The number of nitrogens with zero attached hydrogens (tertiary/aromatic N) is 5. The molecule has 1 aromatic carbocycles. The first-order chi connectivity index (χ1) is 12.6. The Labute approximate surface area is 154 Å². The molecule has 0 aliphatic carbocycles. The van der Waals surface area contributed by atoms with Gasteiger partial charge in [-0.25, -0.2) is 17.8 Å². The Morgan fingerprint density at radius 2 is 2.04 bits per heavy atom. The van der Waals surface area contributed by atoms with E-state index in [1.165, 1.54) is 0 Å². The standard InChI is InChI=1S/C17H26N6O2S/c24-26(25,14-16-6-2-1-3-7-16)19-12-17-8-4-9-22(13-17)10-5-11-23-15-18-20-21-23/h1-3,6-7,15,17,19H,4-5,8-14H2/t17-/m1/s1. The van der Waals surface area contributed by atoms with Crippen molar-refractivity contribution in [2.75, 3.05) is 26.2 Å². The summed E-state index contributed by atoms with van der Waals surface area (Å²) in [5.41, 5.74) is 0.813. The van der Waals surface area contributed by atoms with Gasteiger partial charge in [0.1, 0.15) is 6.33 Å². The molecule has 1 saturated heterocycles. The van der Waals surface area contributed by atoms with Crippen molar-refractivity contribution in [2.45, 2.75) is 31.6 Å². The van der Waals surface area contributed by atoms with Crippen LogP contribution in [0.25, 0.3) is 0 Å². The molecule has 1 aromatic heterocycles. The van der Waals surface area contributed by atoms with Crippen molar-refractivity contribution >= 4 is 10.0 Å². The number of aromatic nitrogens is 4. The molecule has 0 radical (unpaired) electrons. The number of aryl methyl sites for hydroxylation is 1. The summed E-state index contributed by atoms with van der Waals surface area (Å²) in [6.07, 6.45) is 4.78. The van der Waals surface area contributed by atoms with E-state index in [1.54, 1.807) is 11.0 Å². The van der Waals surface area contributed by atoms with Gasteiger partial charge in [0, 0.05) is 19.6 Å². The third-order valence-corrected chi connectivity index (χ3v) is 5.97. The van der Waals surface area contributed by atoms with Gasteiger partial charge in [0.25, 0.3) is 0 Å². The zero-order valence-electron chi connectivity index (χ0n) is 14.9. The van der Waals surface area contributed by atoms with Crippen LogP contribution in [0.4, 0.5) is 0 Å². The first-order valence-electron chi connectivity index (χ1n) is 9.05. The van der Waals surface area contributed by atoms with Crippen molar-refractivity contribution in [3.63, 3.8) is 0 Å². The van der Waals surface area contributed by atoms with Crippen LogP contribution in [-0.4, -0.2) is 59.7 Å². The lowest BCUT2D eigenvalue weighted by Gasteiger charge is -2.32. The Kier molecular flexibility index (Phi) is 6.70. The van der Waals surface area contributed by atoms with E-state index in [0.717, 1.165) is 51.0 Å². The molecule has 1 fully saturated rings. The molecule has 1 aliphatic heterocycles. The highest BCUT2D eigenvalue weighted by Crippen LogP contribution is 2.16. The van der Waals surface area contributed by atoms with E-state index in [1.807, 2.05) is 30.3 Å². The maximum atomic E-state index is 12.3. The Balaban J connectivity index is 1.40. The number of nitrogens with one attached hydrogen (secondary N) is 1. The molecule has 1 aliphatic rings. The fourth-order valence-electron chi connectivity index (χ4n) is 3.35. The SMILES string of the molecule is O=S(=O)(Cc1ccccc1)NC[C@H]1CCCN(CCCn2cnnn2)C1. The lowest BCUT2D eigenvalue weighted by atomic mass is 9.98. The molecule has 9 heteroatoms. The summed E-state index contributed by atoms with van der Waals surface area (Å²) >= 11 is 0. The average Bonchev–Trinajstić information content (AvgIpc) is 3.15. The number of tetrazole rings is 1. The van der Waals surface area contributed by atoms with Crippen molar-refractivity contribution in [2.24, 2.45) is 5.92 Å². The molecule has 0 unspecified atom stereocenters. The van der Waals surface area contributed by atoms with Gasteiger partial charge in [-0.2, -0.15) is 0 Å². The smallest absolute Gasteiger partial charge is 0.215 e. The van der Waals surface area contributed by atoms with Crippen LogP contribution in [0.1, 0.15) is 24.8 Å². The minimum Gasteiger partial charge on any atom is -0.303 e. The molecule has 1 N–H and O–H groups in total. The number of hydrogen-bond donors (Lipinski definition) is 1. The summed E-state index contributed by atoms with van der Waals surface area (Å²) in [6, 6.07) is 9.29. The van der Waals surface area contributed by atoms with E-state index < -0.39 is 10.0 Å². The van der Waals surface area contributed by atoms with Crippen LogP contribution in [-0.2, 0) is 22.3 Å². The molecule has 0 amide bonds. The van der Waals surface area contributed by atoms with Crippen LogP contribution in [0, 0.1) is 5.92 Å². The van der Waals surface area contributed by atoms with Crippen LogP contribution in [0.15, 0.2) is 36.7 Å². The molecular formula is C17H26N6O2S. The number of likely N-dealkylation sites (tertiary alicyclic amines) is 1. The number of hydrogen-bond acceptors (Lipinski definition) is 6. The predicted octanol–water partition coefficient (Wildman–Crippen LogP) is 0.895. The average molecular weight is 379 g/mol. The molecule has 26 heavy (non-hydrogen) atoms. The van der Waals surface area contributed by atoms with Crippen molar-refractivity contribution in [3.8, 4) is 0 Å². The number of sulfonamides is 1. The Hall–Kier alpha value is -1.84. The van der Waals surface area contributed by atoms with Gasteiger partial charge in [-0.1, -0.05) is 30.3 Å². The minimum atomic E-state index is -3.29. The highest BCUT2D eigenvalue weighted by molar-refractivity contribution is 7.88. The van der Waals surface area contributed by atoms with Crippen molar-refractivity contribution in [1.29, 1.82) is 0 Å². The Bertz CT molecular complexity index is 751. The van der Waals surface area contributed by atoms with Gasteiger partial charge in [0.05, 0.1) is 5.75 Å². The van der Waals surface area contributed by atoms with Crippen LogP contribution >= 0.6 is 0 Å². The zero-order chi connectivity index (χ0) is 18.2. The van der Waals surface area contributed by atoms with E-state index in [-0.39, 0.29) is 5.75 Å². The predicted molar refractivity (Wildman–Crippen MR) is 98.7 cm³/mol. The molecule has 3 rings (SSSR count). The molecule has 0 saturated carbocycles. The summed E-state index contributed by atoms with van der Waals surface area (Å²) in [4.78, 5) is 2.41. The van der Waals surface area contributed by atoms with Crippen LogP contribution < -0.4 is 4.72 Å².